The van der Waals surface area contributed by atoms with E-state index in [0.29, 0.717) is 5.41 Å². The Balaban J connectivity index is 1.95. The van der Waals surface area contributed by atoms with Gasteiger partial charge >= 0.3 is 0 Å². The first-order valence-corrected chi connectivity index (χ1v) is 6.36. The van der Waals surface area contributed by atoms with Crippen molar-refractivity contribution in [3.05, 3.63) is 12.2 Å². The summed E-state index contributed by atoms with van der Waals surface area (Å²) in [6.07, 6.45) is 10.0. The second-order valence-electron chi connectivity index (χ2n) is 5.61. The Kier molecular flexibility index (Phi) is 2.72. The molecule has 0 heteroatoms. The molecule has 2 rings (SSSR count). The van der Waals surface area contributed by atoms with E-state index in [1.165, 1.54) is 50.5 Å². The van der Waals surface area contributed by atoms with Gasteiger partial charge in [0.25, 0.3) is 0 Å². The molecule has 0 heterocycles. The summed E-state index contributed by atoms with van der Waals surface area (Å²) in [4.78, 5) is 0. The highest BCUT2D eigenvalue weighted by Gasteiger charge is 2.54. The molecule has 2 fully saturated rings. The lowest BCUT2D eigenvalue weighted by Gasteiger charge is -2.29. The molecule has 0 N–H and O–H groups in total. The van der Waals surface area contributed by atoms with Gasteiger partial charge in [0.2, 0.25) is 0 Å². The van der Waals surface area contributed by atoms with Crippen molar-refractivity contribution in [3.8, 4) is 0 Å². The zero-order chi connectivity index (χ0) is 10.2. The minimum absolute atomic E-state index is 0.660. The lowest BCUT2D eigenvalue weighted by atomic mass is 9.76. The van der Waals surface area contributed by atoms with Crippen LogP contribution in [0.2, 0.25) is 0 Å². The van der Waals surface area contributed by atoms with Gasteiger partial charge in [-0.3, -0.25) is 0 Å². The molecule has 0 spiro atoms. The summed E-state index contributed by atoms with van der Waals surface area (Å²) in [7, 11) is 0. The van der Waals surface area contributed by atoms with Crippen LogP contribution in [-0.4, -0.2) is 0 Å². The number of rotatable bonds is 3. The lowest BCUT2D eigenvalue weighted by Crippen LogP contribution is -2.18. The quantitative estimate of drug-likeness (QED) is 0.575. The molecule has 2 saturated carbocycles. The summed E-state index contributed by atoms with van der Waals surface area (Å²) in [5, 5.41) is 0. The Morgan fingerprint density at radius 3 is 2.50 bits per heavy atom. The average Bonchev–Trinajstić information content (AvgIpc) is 2.93. The van der Waals surface area contributed by atoms with E-state index in [1.54, 1.807) is 0 Å². The van der Waals surface area contributed by atoms with Crippen molar-refractivity contribution in [1.29, 1.82) is 0 Å². The molecule has 14 heavy (non-hydrogen) atoms. The largest absolute Gasteiger partial charge is 0.0996 e. The third-order valence-corrected chi connectivity index (χ3v) is 4.76. The summed E-state index contributed by atoms with van der Waals surface area (Å²) in [5.74, 6) is 1.89. The lowest BCUT2D eigenvalue weighted by molar-refractivity contribution is 0.232. The summed E-state index contributed by atoms with van der Waals surface area (Å²) in [6, 6.07) is 0. The Morgan fingerprint density at radius 2 is 1.93 bits per heavy atom. The minimum Gasteiger partial charge on any atom is -0.0996 e. The molecule has 0 saturated heterocycles. The van der Waals surface area contributed by atoms with Crippen LogP contribution in [0.4, 0.5) is 0 Å². The second kappa shape index (κ2) is 3.72. The van der Waals surface area contributed by atoms with Crippen LogP contribution in [-0.2, 0) is 0 Å². The summed E-state index contributed by atoms with van der Waals surface area (Å²) < 4.78 is 0. The molecule has 2 atom stereocenters. The molecule has 0 aromatic carbocycles. The van der Waals surface area contributed by atoms with Gasteiger partial charge in [0.05, 0.1) is 0 Å². The minimum atomic E-state index is 0.660. The Bertz CT molecular complexity index is 222. The van der Waals surface area contributed by atoms with E-state index in [1.807, 2.05) is 0 Å². The van der Waals surface area contributed by atoms with Gasteiger partial charge in [-0.2, -0.15) is 0 Å². The Labute approximate surface area is 88.8 Å². The van der Waals surface area contributed by atoms with Gasteiger partial charge in [0.15, 0.2) is 0 Å². The topological polar surface area (TPSA) is 0 Å². The molecule has 2 aliphatic rings. The Morgan fingerprint density at radius 1 is 1.29 bits per heavy atom. The van der Waals surface area contributed by atoms with Crippen LogP contribution in [0, 0.1) is 17.3 Å². The highest BCUT2D eigenvalue weighted by Crippen LogP contribution is 2.63. The van der Waals surface area contributed by atoms with Crippen LogP contribution in [0.25, 0.3) is 0 Å². The van der Waals surface area contributed by atoms with Crippen LogP contribution >= 0.6 is 0 Å². The second-order valence-corrected chi connectivity index (χ2v) is 5.61. The number of hydrogen-bond acceptors (Lipinski definition) is 0. The van der Waals surface area contributed by atoms with Crippen molar-refractivity contribution in [3.63, 3.8) is 0 Å². The molecule has 2 unspecified atom stereocenters. The van der Waals surface area contributed by atoms with Gasteiger partial charge in [-0.1, -0.05) is 45.3 Å². The van der Waals surface area contributed by atoms with Crippen molar-refractivity contribution in [1.82, 2.24) is 0 Å². The van der Waals surface area contributed by atoms with E-state index >= 15 is 0 Å². The molecule has 0 aromatic rings. The van der Waals surface area contributed by atoms with E-state index in [9.17, 15) is 0 Å². The zero-order valence-corrected chi connectivity index (χ0v) is 9.81. The smallest absolute Gasteiger partial charge is 0.0144 e. The third-order valence-electron chi connectivity index (χ3n) is 4.76. The molecule has 0 amide bonds. The molecule has 2 aliphatic carbocycles. The van der Waals surface area contributed by atoms with Crippen molar-refractivity contribution >= 4 is 0 Å². The van der Waals surface area contributed by atoms with Crippen LogP contribution in [0.3, 0.4) is 0 Å². The van der Waals surface area contributed by atoms with E-state index in [-0.39, 0.29) is 0 Å². The molecule has 0 aliphatic heterocycles. The van der Waals surface area contributed by atoms with E-state index < -0.39 is 0 Å². The molecule has 0 aromatic heterocycles. The molecule has 0 nitrogen and oxygen atoms in total. The molecule has 0 bridgehead atoms. The van der Waals surface area contributed by atoms with Crippen molar-refractivity contribution in [2.45, 2.75) is 58.8 Å². The predicted molar refractivity (Wildman–Crippen MR) is 62.2 cm³/mol. The van der Waals surface area contributed by atoms with Gasteiger partial charge in [-0.25, -0.2) is 0 Å². The van der Waals surface area contributed by atoms with Gasteiger partial charge in [0, 0.05) is 0 Å². The van der Waals surface area contributed by atoms with Crippen LogP contribution < -0.4 is 0 Å². The fraction of sp³-hybridized carbons (Fsp3) is 0.857. The molecular weight excluding hydrogens is 168 g/mol. The fourth-order valence-electron chi connectivity index (χ4n) is 3.45. The fourth-order valence-corrected chi connectivity index (χ4v) is 3.45. The predicted octanol–water partition coefficient (Wildman–Crippen LogP) is 4.56. The SMILES string of the molecule is C=C(CC)C1CC1(C)C1CCCCC1. The zero-order valence-electron chi connectivity index (χ0n) is 9.81. The Hall–Kier alpha value is -0.260. The summed E-state index contributed by atoms with van der Waals surface area (Å²) in [6.45, 7) is 8.99. The summed E-state index contributed by atoms with van der Waals surface area (Å²) >= 11 is 0. The number of allylic oxidation sites excluding steroid dienone is 1. The van der Waals surface area contributed by atoms with Gasteiger partial charge in [-0.05, 0) is 42.9 Å². The van der Waals surface area contributed by atoms with E-state index in [2.05, 4.69) is 20.4 Å². The maximum absolute atomic E-state index is 4.23. The standard InChI is InChI=1S/C14H24/c1-4-11(2)13-10-14(13,3)12-8-6-5-7-9-12/h12-13H,2,4-10H2,1,3H3. The van der Waals surface area contributed by atoms with E-state index in [4.69, 9.17) is 0 Å². The maximum atomic E-state index is 4.23. The van der Waals surface area contributed by atoms with Crippen molar-refractivity contribution in [2.75, 3.05) is 0 Å². The highest BCUT2D eigenvalue weighted by molar-refractivity contribution is 5.19. The first-order valence-electron chi connectivity index (χ1n) is 6.36. The van der Waals surface area contributed by atoms with E-state index in [0.717, 1.165) is 11.8 Å². The first-order chi connectivity index (χ1) is 6.68. The first kappa shape index (κ1) is 10.3. The van der Waals surface area contributed by atoms with Crippen LogP contribution in [0.1, 0.15) is 58.8 Å². The maximum Gasteiger partial charge on any atom is -0.0144 e. The van der Waals surface area contributed by atoms with Crippen LogP contribution in [0.15, 0.2) is 12.2 Å². The van der Waals surface area contributed by atoms with Gasteiger partial charge in [0.1, 0.15) is 0 Å². The monoisotopic (exact) mass is 192 g/mol. The molecule has 0 radical (unpaired) electrons. The molecule has 80 valence electrons. The van der Waals surface area contributed by atoms with Crippen LogP contribution in [0.5, 0.6) is 0 Å². The number of hydrogen-bond donors (Lipinski definition) is 0. The highest BCUT2D eigenvalue weighted by atomic mass is 14.6. The average molecular weight is 192 g/mol. The van der Waals surface area contributed by atoms with Gasteiger partial charge in [-0.15, -0.1) is 0 Å². The van der Waals surface area contributed by atoms with Gasteiger partial charge < -0.3 is 0 Å². The van der Waals surface area contributed by atoms with Crippen molar-refractivity contribution in [2.24, 2.45) is 17.3 Å². The normalized spacial score (nSPS) is 38.3. The summed E-state index contributed by atoms with van der Waals surface area (Å²) in [5.41, 5.74) is 2.17. The third kappa shape index (κ3) is 1.64. The molecular formula is C14H24. The van der Waals surface area contributed by atoms with Crippen molar-refractivity contribution < 1.29 is 0 Å².